The van der Waals surface area contributed by atoms with Crippen LogP contribution in [0.1, 0.15) is 41.4 Å². The van der Waals surface area contributed by atoms with Gasteiger partial charge in [0.2, 0.25) is 0 Å². The summed E-state index contributed by atoms with van der Waals surface area (Å²) in [5, 5.41) is 10.4. The van der Waals surface area contributed by atoms with E-state index in [1.54, 1.807) is 0 Å². The molecule has 100 valence electrons. The molecule has 6 nitrogen and oxygen atoms in total. The topological polar surface area (TPSA) is 85.6 Å². The molecular weight excluding hydrogens is 250 g/mol. The van der Waals surface area contributed by atoms with Gasteiger partial charge in [-0.1, -0.05) is 0 Å². The van der Waals surface area contributed by atoms with Gasteiger partial charge >= 0.3 is 5.97 Å². The summed E-state index contributed by atoms with van der Waals surface area (Å²) >= 11 is 0. The number of cyclic esters (lactones) is 1. The number of Topliss-reactive ketones (excluding diaryl/α,β-unsaturated/α-hetero) is 1. The molecule has 0 unspecified atom stereocenters. The first-order valence-corrected chi connectivity index (χ1v) is 6.08. The predicted octanol–water partition coefficient (Wildman–Crippen LogP) is 0.0891. The highest BCUT2D eigenvalue weighted by Gasteiger charge is 2.37. The number of nitrogens with zero attached hydrogens (tertiary/aromatic N) is 1. The summed E-state index contributed by atoms with van der Waals surface area (Å²) in [4.78, 5) is 35.5. The molecule has 3 heterocycles. The molecule has 0 aromatic carbocycles. The monoisotopic (exact) mass is 263 g/mol. The maximum Gasteiger partial charge on any atom is 0.309 e. The molecule has 0 amide bonds. The minimum atomic E-state index is -1.49. The van der Waals surface area contributed by atoms with Crippen molar-refractivity contribution in [1.82, 2.24) is 4.57 Å². The second-order valence-electron chi connectivity index (χ2n) is 5.16. The van der Waals surface area contributed by atoms with Crippen LogP contribution in [0.5, 0.6) is 0 Å². The highest BCUT2D eigenvalue weighted by Crippen LogP contribution is 2.31. The largest absolute Gasteiger partial charge is 0.460 e. The number of hydrogen-bond acceptors (Lipinski definition) is 5. The van der Waals surface area contributed by atoms with E-state index in [0.29, 0.717) is 24.2 Å². The zero-order chi connectivity index (χ0) is 13.8. The first-order valence-electron chi connectivity index (χ1n) is 6.08. The van der Waals surface area contributed by atoms with Crippen LogP contribution in [0.2, 0.25) is 0 Å². The summed E-state index contributed by atoms with van der Waals surface area (Å²) in [6.07, 6.45) is 0.0666. The molecule has 19 heavy (non-hydrogen) atoms. The second-order valence-corrected chi connectivity index (χ2v) is 5.16. The summed E-state index contributed by atoms with van der Waals surface area (Å²) < 4.78 is 6.32. The number of fused-ring (bicyclic) bond motifs is 2. The standard InChI is InChI=1S/C13H13NO5/c1-13(18)5-11(16)19-6-7-8(13)4-9-10(15)2-3-14(9)12(7)17/h4,18H,2-3,5-6H2,1H3/t13-/m1/s1. The van der Waals surface area contributed by atoms with Gasteiger partial charge in [-0.05, 0) is 18.6 Å². The molecule has 1 aromatic rings. The molecule has 0 bridgehead atoms. The minimum Gasteiger partial charge on any atom is -0.460 e. The summed E-state index contributed by atoms with van der Waals surface area (Å²) in [6.45, 7) is 1.64. The van der Waals surface area contributed by atoms with Crippen molar-refractivity contribution in [2.75, 3.05) is 0 Å². The lowest BCUT2D eigenvalue weighted by atomic mass is 9.89. The number of aliphatic hydroxyl groups is 1. The number of carbonyl (C=O) groups excluding carboxylic acids is 2. The van der Waals surface area contributed by atoms with E-state index in [4.69, 9.17) is 4.74 Å². The van der Waals surface area contributed by atoms with Gasteiger partial charge in [0.15, 0.2) is 5.78 Å². The smallest absolute Gasteiger partial charge is 0.309 e. The number of esters is 1. The van der Waals surface area contributed by atoms with E-state index in [1.165, 1.54) is 17.6 Å². The third-order valence-corrected chi connectivity index (χ3v) is 3.69. The molecule has 1 aromatic heterocycles. The Labute approximate surface area is 108 Å². The van der Waals surface area contributed by atoms with Gasteiger partial charge in [0.05, 0.1) is 23.3 Å². The van der Waals surface area contributed by atoms with Crippen LogP contribution in [0.3, 0.4) is 0 Å². The Morgan fingerprint density at radius 2 is 2.11 bits per heavy atom. The fourth-order valence-corrected chi connectivity index (χ4v) is 2.68. The van der Waals surface area contributed by atoms with E-state index < -0.39 is 11.6 Å². The lowest BCUT2D eigenvalue weighted by molar-refractivity contribution is -0.148. The third-order valence-electron chi connectivity index (χ3n) is 3.69. The molecule has 6 heteroatoms. The number of aromatic nitrogens is 1. The lowest BCUT2D eigenvalue weighted by Crippen LogP contribution is -2.31. The van der Waals surface area contributed by atoms with Gasteiger partial charge in [0.25, 0.3) is 5.56 Å². The Kier molecular flexibility index (Phi) is 2.40. The van der Waals surface area contributed by atoms with Crippen molar-refractivity contribution in [3.63, 3.8) is 0 Å². The first kappa shape index (κ1) is 12.1. The van der Waals surface area contributed by atoms with Crippen molar-refractivity contribution in [2.45, 2.75) is 38.5 Å². The Hall–Kier alpha value is -1.95. The molecule has 0 saturated carbocycles. The Morgan fingerprint density at radius 3 is 2.84 bits per heavy atom. The van der Waals surface area contributed by atoms with Gasteiger partial charge in [-0.15, -0.1) is 0 Å². The molecule has 0 saturated heterocycles. The van der Waals surface area contributed by atoms with Crippen molar-refractivity contribution in [2.24, 2.45) is 0 Å². The molecule has 1 atom stereocenters. The summed E-state index contributed by atoms with van der Waals surface area (Å²) in [7, 11) is 0. The predicted molar refractivity (Wildman–Crippen MR) is 63.6 cm³/mol. The lowest BCUT2D eigenvalue weighted by Gasteiger charge is -2.22. The Balaban J connectivity index is 2.30. The molecular formula is C13H13NO5. The summed E-state index contributed by atoms with van der Waals surface area (Å²) in [5.74, 6) is -0.677. The third kappa shape index (κ3) is 1.71. The number of pyridine rings is 1. The van der Waals surface area contributed by atoms with Crippen LogP contribution in [0.25, 0.3) is 0 Å². The fourth-order valence-electron chi connectivity index (χ4n) is 2.68. The van der Waals surface area contributed by atoms with Crippen molar-refractivity contribution in [3.8, 4) is 0 Å². The van der Waals surface area contributed by atoms with Crippen LogP contribution in [-0.2, 0) is 28.3 Å². The molecule has 3 rings (SSSR count). The number of hydrogen-bond donors (Lipinski definition) is 1. The maximum absolute atomic E-state index is 12.3. The van der Waals surface area contributed by atoms with Gasteiger partial charge in [0.1, 0.15) is 6.61 Å². The first-order chi connectivity index (χ1) is 8.90. The number of rotatable bonds is 0. The SMILES string of the molecule is C[C@@]1(O)CC(=O)OCc2c1cc1n(c2=O)CCC1=O. The Morgan fingerprint density at radius 1 is 1.37 bits per heavy atom. The molecule has 0 aliphatic carbocycles. The van der Waals surface area contributed by atoms with Gasteiger partial charge in [-0.25, -0.2) is 0 Å². The average Bonchev–Trinajstić information content (AvgIpc) is 2.63. The van der Waals surface area contributed by atoms with E-state index >= 15 is 0 Å². The normalized spacial score (nSPS) is 25.6. The van der Waals surface area contributed by atoms with Crippen molar-refractivity contribution >= 4 is 11.8 Å². The summed E-state index contributed by atoms with van der Waals surface area (Å²) in [6, 6.07) is 1.52. The van der Waals surface area contributed by atoms with Gasteiger partial charge in [-0.2, -0.15) is 0 Å². The van der Waals surface area contributed by atoms with Crippen LogP contribution in [0.15, 0.2) is 10.9 Å². The van der Waals surface area contributed by atoms with Crippen molar-refractivity contribution in [1.29, 1.82) is 0 Å². The second kappa shape index (κ2) is 3.77. The van der Waals surface area contributed by atoms with Crippen molar-refractivity contribution < 1.29 is 19.4 Å². The number of ether oxygens (including phenoxy) is 1. The fraction of sp³-hybridized carbons (Fsp3) is 0.462. The molecule has 2 aliphatic heterocycles. The highest BCUT2D eigenvalue weighted by molar-refractivity contribution is 5.96. The van der Waals surface area contributed by atoms with E-state index in [1.807, 2.05) is 0 Å². The van der Waals surface area contributed by atoms with E-state index in [2.05, 4.69) is 0 Å². The highest BCUT2D eigenvalue weighted by atomic mass is 16.5. The van der Waals surface area contributed by atoms with E-state index in [9.17, 15) is 19.5 Å². The maximum atomic E-state index is 12.3. The molecule has 0 spiro atoms. The quantitative estimate of drug-likeness (QED) is 0.670. The van der Waals surface area contributed by atoms with E-state index in [0.717, 1.165) is 0 Å². The van der Waals surface area contributed by atoms with E-state index in [-0.39, 0.29) is 29.9 Å². The Bertz CT molecular complexity index is 656. The van der Waals surface area contributed by atoms with Gasteiger partial charge < -0.3 is 14.4 Å². The van der Waals surface area contributed by atoms with Gasteiger partial charge in [0, 0.05) is 13.0 Å². The number of carbonyl (C=O) groups is 2. The van der Waals surface area contributed by atoms with Crippen LogP contribution in [0.4, 0.5) is 0 Å². The van der Waals surface area contributed by atoms with Gasteiger partial charge in [-0.3, -0.25) is 14.4 Å². The molecule has 2 aliphatic rings. The van der Waals surface area contributed by atoms with Crippen LogP contribution >= 0.6 is 0 Å². The van der Waals surface area contributed by atoms with Crippen molar-refractivity contribution in [3.05, 3.63) is 33.2 Å². The molecule has 1 N–H and O–H groups in total. The van der Waals surface area contributed by atoms with Crippen LogP contribution < -0.4 is 5.56 Å². The zero-order valence-corrected chi connectivity index (χ0v) is 10.4. The molecule has 0 radical (unpaired) electrons. The zero-order valence-electron chi connectivity index (χ0n) is 10.4. The van der Waals surface area contributed by atoms with Crippen LogP contribution in [0, 0.1) is 0 Å². The summed E-state index contributed by atoms with van der Waals surface area (Å²) in [5.41, 5.74) is -0.952. The number of ketones is 1. The van der Waals surface area contributed by atoms with Crippen LogP contribution in [-0.4, -0.2) is 21.4 Å². The minimum absolute atomic E-state index is 0.118. The average molecular weight is 263 g/mol. The molecule has 0 fully saturated rings.